The van der Waals surface area contributed by atoms with Crippen LogP contribution in [0, 0.1) is 17.2 Å². The molecule has 0 spiro atoms. The van der Waals surface area contributed by atoms with Crippen LogP contribution in [-0.4, -0.2) is 28.2 Å². The number of pyridine rings is 2. The zero-order valence-corrected chi connectivity index (χ0v) is 21.3. The lowest BCUT2D eigenvalue weighted by Crippen LogP contribution is -2.11. The van der Waals surface area contributed by atoms with E-state index in [4.69, 9.17) is 9.47 Å². The highest BCUT2D eigenvalue weighted by Gasteiger charge is 2.33. The number of nitrogens with zero attached hydrogens (tertiary/aromatic N) is 2. The van der Waals surface area contributed by atoms with E-state index in [0.717, 1.165) is 35.7 Å². The molecule has 4 rings (SSSR count). The monoisotopic (exact) mass is 492 g/mol. The predicted octanol–water partition coefficient (Wildman–Crippen LogP) is 6.43. The third-order valence-corrected chi connectivity index (χ3v) is 6.33. The first-order valence-electron chi connectivity index (χ1n) is 12.2. The Morgan fingerprint density at radius 3 is 2.61 bits per heavy atom. The third-order valence-electron chi connectivity index (χ3n) is 6.33. The number of carbonyl (C=O) groups is 1. The molecule has 2 heterocycles. The number of rotatable bonds is 10. The Labute approximate surface area is 211 Å². The van der Waals surface area contributed by atoms with E-state index in [1.54, 1.807) is 12.3 Å². The van der Waals surface area contributed by atoms with Crippen LogP contribution in [-0.2, 0) is 17.8 Å². The van der Waals surface area contributed by atoms with Gasteiger partial charge in [-0.25, -0.2) is 9.37 Å². The Morgan fingerprint density at radius 2 is 1.94 bits per heavy atom. The molecule has 6 nitrogen and oxygen atoms in total. The highest BCUT2D eigenvalue weighted by Crippen LogP contribution is 2.44. The van der Waals surface area contributed by atoms with Gasteiger partial charge in [0.05, 0.1) is 31.6 Å². The van der Waals surface area contributed by atoms with E-state index >= 15 is 0 Å². The van der Waals surface area contributed by atoms with Crippen molar-refractivity contribution in [2.75, 3.05) is 7.11 Å². The molecule has 7 heteroatoms. The highest BCUT2D eigenvalue weighted by atomic mass is 19.1. The van der Waals surface area contributed by atoms with Crippen molar-refractivity contribution in [3.8, 4) is 22.9 Å². The minimum atomic E-state index is -0.769. The fourth-order valence-electron chi connectivity index (χ4n) is 4.55. The van der Waals surface area contributed by atoms with Crippen LogP contribution < -0.4 is 9.47 Å². The van der Waals surface area contributed by atoms with E-state index in [2.05, 4.69) is 30.7 Å². The van der Waals surface area contributed by atoms with E-state index in [0.29, 0.717) is 41.8 Å². The molecule has 0 bridgehead atoms. The summed E-state index contributed by atoms with van der Waals surface area (Å²) in [6.07, 6.45) is 5.73. The van der Waals surface area contributed by atoms with Crippen molar-refractivity contribution in [2.45, 2.75) is 59.0 Å². The molecule has 1 unspecified atom stereocenters. The topological polar surface area (TPSA) is 81.5 Å². The first kappa shape index (κ1) is 25.6. The van der Waals surface area contributed by atoms with Crippen LogP contribution in [0.2, 0.25) is 0 Å². The standard InChI is InChI=1S/C29H33FN2O4/c1-29(2,3)14-21-11-22(15-32-28(21)24-12-26(35-4)31-16-25(24)30)36-17-18-6-5-7-20(10-18)23(13-27(33)34)19-8-9-19/h5-7,10-12,15-16,19,23H,8-9,13-14,17H2,1-4H3,(H,33,34). The van der Waals surface area contributed by atoms with E-state index < -0.39 is 11.8 Å². The Bertz CT molecular complexity index is 1230. The van der Waals surface area contributed by atoms with Gasteiger partial charge in [-0.1, -0.05) is 45.0 Å². The average molecular weight is 493 g/mol. The van der Waals surface area contributed by atoms with Crippen molar-refractivity contribution in [1.82, 2.24) is 9.97 Å². The Morgan fingerprint density at radius 1 is 1.17 bits per heavy atom. The fraction of sp³-hybridized carbons (Fsp3) is 0.414. The van der Waals surface area contributed by atoms with Crippen LogP contribution in [0.25, 0.3) is 11.3 Å². The van der Waals surface area contributed by atoms with Gasteiger partial charge in [-0.05, 0) is 59.3 Å². The van der Waals surface area contributed by atoms with Crippen LogP contribution in [0.1, 0.15) is 62.6 Å². The summed E-state index contributed by atoms with van der Waals surface area (Å²) in [4.78, 5) is 19.9. The van der Waals surface area contributed by atoms with Crippen molar-refractivity contribution < 1.29 is 23.8 Å². The normalized spacial score (nSPS) is 14.4. The summed E-state index contributed by atoms with van der Waals surface area (Å²) in [7, 11) is 1.49. The lowest BCUT2D eigenvalue weighted by Gasteiger charge is -2.21. The molecule has 3 aromatic rings. The Balaban J connectivity index is 1.57. The number of carboxylic acid groups (broad SMARTS) is 1. The summed E-state index contributed by atoms with van der Waals surface area (Å²) >= 11 is 0. The van der Waals surface area contributed by atoms with Gasteiger partial charge in [-0.15, -0.1) is 0 Å². The molecule has 1 aliphatic rings. The van der Waals surface area contributed by atoms with Gasteiger partial charge in [0, 0.05) is 11.6 Å². The van der Waals surface area contributed by atoms with E-state index in [1.807, 2.05) is 30.3 Å². The summed E-state index contributed by atoms with van der Waals surface area (Å²) in [5, 5.41) is 9.34. The summed E-state index contributed by atoms with van der Waals surface area (Å²) in [5.41, 5.74) is 3.71. The van der Waals surface area contributed by atoms with E-state index in [9.17, 15) is 14.3 Å². The number of aliphatic carboxylic acids is 1. The maximum atomic E-state index is 14.7. The smallest absolute Gasteiger partial charge is 0.303 e. The second-order valence-electron chi connectivity index (χ2n) is 10.7. The Hall–Kier alpha value is -3.48. The quantitative estimate of drug-likeness (QED) is 0.351. The zero-order valence-electron chi connectivity index (χ0n) is 21.3. The fourth-order valence-corrected chi connectivity index (χ4v) is 4.55. The molecule has 0 aliphatic heterocycles. The second-order valence-corrected chi connectivity index (χ2v) is 10.7. The number of ether oxygens (including phenoxy) is 2. The molecule has 1 N–H and O–H groups in total. The van der Waals surface area contributed by atoms with Gasteiger partial charge in [-0.3, -0.25) is 9.78 Å². The largest absolute Gasteiger partial charge is 0.487 e. The molecule has 1 aromatic carbocycles. The number of carboxylic acids is 1. The molecule has 1 atom stereocenters. The van der Waals surface area contributed by atoms with E-state index in [1.165, 1.54) is 7.11 Å². The summed E-state index contributed by atoms with van der Waals surface area (Å²) in [6, 6.07) is 11.5. The number of methoxy groups -OCH3 is 1. The van der Waals surface area contributed by atoms with Crippen molar-refractivity contribution in [1.29, 1.82) is 0 Å². The third kappa shape index (κ3) is 6.59. The Kier molecular flexibility index (Phi) is 7.57. The number of hydrogen-bond donors (Lipinski definition) is 1. The predicted molar refractivity (Wildman–Crippen MR) is 136 cm³/mol. The van der Waals surface area contributed by atoms with Gasteiger partial charge in [0.1, 0.15) is 12.4 Å². The van der Waals surface area contributed by atoms with Gasteiger partial charge < -0.3 is 14.6 Å². The lowest BCUT2D eigenvalue weighted by atomic mass is 9.86. The van der Waals surface area contributed by atoms with Crippen LogP contribution in [0.5, 0.6) is 11.6 Å². The van der Waals surface area contributed by atoms with Crippen molar-refractivity contribution in [2.24, 2.45) is 11.3 Å². The molecule has 0 saturated heterocycles. The second kappa shape index (κ2) is 10.6. The molecule has 1 aliphatic carbocycles. The molecule has 36 heavy (non-hydrogen) atoms. The first-order valence-corrected chi connectivity index (χ1v) is 12.2. The van der Waals surface area contributed by atoms with Gasteiger partial charge in [0.15, 0.2) is 5.82 Å². The number of hydrogen-bond acceptors (Lipinski definition) is 5. The number of benzene rings is 1. The highest BCUT2D eigenvalue weighted by molar-refractivity contribution is 5.68. The molecule has 0 amide bonds. The molecule has 2 aromatic heterocycles. The van der Waals surface area contributed by atoms with Gasteiger partial charge in [-0.2, -0.15) is 0 Å². The van der Waals surface area contributed by atoms with Gasteiger partial charge in [0.25, 0.3) is 0 Å². The van der Waals surface area contributed by atoms with Crippen LogP contribution >= 0.6 is 0 Å². The first-order chi connectivity index (χ1) is 17.1. The van der Waals surface area contributed by atoms with Crippen molar-refractivity contribution >= 4 is 5.97 Å². The average Bonchev–Trinajstić information content (AvgIpc) is 3.66. The zero-order chi connectivity index (χ0) is 25.9. The molecule has 0 radical (unpaired) electrons. The van der Waals surface area contributed by atoms with Crippen LogP contribution in [0.3, 0.4) is 0 Å². The number of aromatic nitrogens is 2. The summed E-state index contributed by atoms with van der Waals surface area (Å²) in [6.45, 7) is 6.68. The molecule has 1 saturated carbocycles. The summed E-state index contributed by atoms with van der Waals surface area (Å²) in [5.74, 6) is 0.164. The molecule has 1 fully saturated rings. The number of halogens is 1. The SMILES string of the molecule is COc1cc(-c2ncc(OCc3cccc(C(CC(=O)O)C4CC4)c3)cc2CC(C)(C)C)c(F)cn1. The summed E-state index contributed by atoms with van der Waals surface area (Å²) < 4.78 is 26.0. The minimum absolute atomic E-state index is 0.0361. The minimum Gasteiger partial charge on any atom is -0.487 e. The lowest BCUT2D eigenvalue weighted by molar-refractivity contribution is -0.137. The molecular formula is C29H33FN2O4. The van der Waals surface area contributed by atoms with Gasteiger partial charge in [0.2, 0.25) is 5.88 Å². The molecular weight excluding hydrogens is 459 g/mol. The van der Waals surface area contributed by atoms with Crippen LogP contribution in [0.15, 0.2) is 48.8 Å². The maximum absolute atomic E-state index is 14.7. The van der Waals surface area contributed by atoms with E-state index in [-0.39, 0.29) is 17.8 Å². The van der Waals surface area contributed by atoms with Crippen molar-refractivity contribution in [3.05, 3.63) is 71.3 Å². The van der Waals surface area contributed by atoms with Crippen molar-refractivity contribution in [3.63, 3.8) is 0 Å². The molecule has 190 valence electrons. The van der Waals surface area contributed by atoms with Crippen LogP contribution in [0.4, 0.5) is 4.39 Å². The van der Waals surface area contributed by atoms with Gasteiger partial charge >= 0.3 is 5.97 Å². The maximum Gasteiger partial charge on any atom is 0.303 e.